The summed E-state index contributed by atoms with van der Waals surface area (Å²) in [6.07, 6.45) is 1.83. The first-order valence-electron chi connectivity index (χ1n) is 9.66. The number of anilines is 1. The van der Waals surface area contributed by atoms with E-state index < -0.39 is 11.9 Å². The maximum absolute atomic E-state index is 13.4. The van der Waals surface area contributed by atoms with Crippen LogP contribution in [-0.4, -0.2) is 35.4 Å². The molecule has 1 heterocycles. The van der Waals surface area contributed by atoms with E-state index in [9.17, 15) is 14.4 Å². The highest BCUT2D eigenvalue weighted by Crippen LogP contribution is 2.32. The number of primary amides is 1. The van der Waals surface area contributed by atoms with Gasteiger partial charge in [-0.25, -0.2) is 9.78 Å². The molecule has 0 unspecified atom stereocenters. The van der Waals surface area contributed by atoms with Gasteiger partial charge in [-0.3, -0.25) is 9.59 Å². The third-order valence-corrected chi connectivity index (χ3v) is 4.62. The molecule has 1 aliphatic carbocycles. The van der Waals surface area contributed by atoms with Gasteiger partial charge in [-0.05, 0) is 69.9 Å². The van der Waals surface area contributed by atoms with Crippen molar-refractivity contribution < 1.29 is 19.1 Å². The molecule has 1 fully saturated rings. The number of carbonyl (C=O) groups is 3. The summed E-state index contributed by atoms with van der Waals surface area (Å²) in [6.45, 7) is 5.78. The number of nitrogens with zero attached hydrogens (tertiary/aromatic N) is 2. The molecular weight excluding hydrogens is 370 g/mol. The van der Waals surface area contributed by atoms with Gasteiger partial charge in [0.15, 0.2) is 0 Å². The second kappa shape index (κ2) is 8.43. The van der Waals surface area contributed by atoms with Crippen LogP contribution in [0.15, 0.2) is 36.4 Å². The molecule has 1 aliphatic rings. The topological polar surface area (TPSA) is 103 Å². The maximum Gasteiger partial charge on any atom is 0.338 e. The molecule has 0 aliphatic heterocycles. The molecule has 152 valence electrons. The first-order chi connectivity index (χ1) is 13.8. The largest absolute Gasteiger partial charge is 0.459 e. The molecule has 2 N–H and O–H groups in total. The van der Waals surface area contributed by atoms with Gasteiger partial charge < -0.3 is 15.4 Å². The summed E-state index contributed by atoms with van der Waals surface area (Å²) in [5, 5.41) is 0. The molecule has 0 radical (unpaired) electrons. The number of hydrogen-bond acceptors (Lipinski definition) is 5. The molecule has 1 saturated carbocycles. The van der Waals surface area contributed by atoms with Gasteiger partial charge in [0, 0.05) is 17.9 Å². The van der Waals surface area contributed by atoms with Crippen LogP contribution in [0.1, 0.15) is 63.6 Å². The van der Waals surface area contributed by atoms with Gasteiger partial charge >= 0.3 is 5.97 Å². The zero-order chi connectivity index (χ0) is 21.1. The summed E-state index contributed by atoms with van der Waals surface area (Å²) in [4.78, 5) is 43.2. The summed E-state index contributed by atoms with van der Waals surface area (Å²) in [5.74, 6) is -1.18. The Balaban J connectivity index is 1.98. The van der Waals surface area contributed by atoms with Crippen molar-refractivity contribution in [3.05, 3.63) is 58.9 Å². The van der Waals surface area contributed by atoms with Crippen LogP contribution in [0.4, 0.5) is 5.69 Å². The van der Waals surface area contributed by atoms with E-state index in [1.165, 1.54) is 0 Å². The highest BCUT2D eigenvalue weighted by atomic mass is 16.5. The van der Waals surface area contributed by atoms with Crippen LogP contribution in [0.25, 0.3) is 0 Å². The lowest BCUT2D eigenvalue weighted by Crippen LogP contribution is -2.35. The van der Waals surface area contributed by atoms with Gasteiger partial charge in [-0.1, -0.05) is 6.07 Å². The zero-order valence-corrected chi connectivity index (χ0v) is 16.8. The fourth-order valence-corrected chi connectivity index (χ4v) is 3.01. The Hall–Kier alpha value is -3.22. The van der Waals surface area contributed by atoms with Crippen molar-refractivity contribution in [3.63, 3.8) is 0 Å². The number of rotatable bonds is 7. The van der Waals surface area contributed by atoms with E-state index in [1.54, 1.807) is 62.1 Å². The monoisotopic (exact) mass is 395 g/mol. The van der Waals surface area contributed by atoms with E-state index in [0.29, 0.717) is 29.4 Å². The molecule has 0 saturated heterocycles. The van der Waals surface area contributed by atoms with Crippen LogP contribution < -0.4 is 10.6 Å². The number of pyridine rings is 1. The molecule has 7 nitrogen and oxygen atoms in total. The molecule has 29 heavy (non-hydrogen) atoms. The number of nitrogens with two attached hydrogens (primary N) is 1. The first-order valence-corrected chi connectivity index (χ1v) is 9.66. The number of ether oxygens (including phenoxy) is 1. The minimum atomic E-state index is -0.752. The lowest BCUT2D eigenvalue weighted by atomic mass is 10.1. The standard InChI is InChI=1S/C22H25N3O4/c1-13(2)29-22(28)16-5-4-6-17(11-16)25(12-15-8-9-15)21(27)18-10-7-14(3)24-19(18)20(23)26/h4-7,10-11,13,15H,8-9,12H2,1-3H3,(H2,23,26). The van der Waals surface area contributed by atoms with Crippen molar-refractivity contribution in [2.45, 2.75) is 39.7 Å². The Kier molecular flexibility index (Phi) is 5.96. The smallest absolute Gasteiger partial charge is 0.338 e. The van der Waals surface area contributed by atoms with Crippen molar-refractivity contribution in [1.82, 2.24) is 4.98 Å². The van der Waals surface area contributed by atoms with Crippen molar-refractivity contribution >= 4 is 23.5 Å². The Morgan fingerprint density at radius 2 is 1.93 bits per heavy atom. The Labute approximate surface area is 169 Å². The van der Waals surface area contributed by atoms with Crippen molar-refractivity contribution in [1.29, 1.82) is 0 Å². The molecule has 2 aromatic rings. The predicted octanol–water partition coefficient (Wildman–Crippen LogP) is 3.11. The summed E-state index contributed by atoms with van der Waals surface area (Å²) in [6, 6.07) is 10.00. The fraction of sp³-hybridized carbons (Fsp3) is 0.364. The van der Waals surface area contributed by atoms with E-state index in [2.05, 4.69) is 4.98 Å². The van der Waals surface area contributed by atoms with Crippen LogP contribution in [0.5, 0.6) is 0 Å². The van der Waals surface area contributed by atoms with E-state index in [4.69, 9.17) is 10.5 Å². The number of aryl methyl sites for hydroxylation is 1. The molecular formula is C22H25N3O4. The van der Waals surface area contributed by atoms with E-state index >= 15 is 0 Å². The molecule has 2 amide bonds. The van der Waals surface area contributed by atoms with Crippen LogP contribution in [0.2, 0.25) is 0 Å². The average molecular weight is 395 g/mol. The van der Waals surface area contributed by atoms with Gasteiger partial charge in [0.05, 0.1) is 17.2 Å². The van der Waals surface area contributed by atoms with Crippen molar-refractivity contribution in [2.75, 3.05) is 11.4 Å². The summed E-state index contributed by atoms with van der Waals surface area (Å²) < 4.78 is 5.26. The number of hydrogen-bond donors (Lipinski definition) is 1. The Morgan fingerprint density at radius 3 is 2.55 bits per heavy atom. The molecule has 1 aromatic carbocycles. The quantitative estimate of drug-likeness (QED) is 0.726. The summed E-state index contributed by atoms with van der Waals surface area (Å²) in [7, 11) is 0. The van der Waals surface area contributed by atoms with Gasteiger partial charge in [-0.2, -0.15) is 0 Å². The van der Waals surface area contributed by atoms with Gasteiger partial charge in [0.25, 0.3) is 11.8 Å². The molecule has 0 bridgehead atoms. The SMILES string of the molecule is Cc1ccc(C(=O)N(CC2CC2)c2cccc(C(=O)OC(C)C)c2)c(C(N)=O)n1. The molecule has 1 aromatic heterocycles. The maximum atomic E-state index is 13.4. The van der Waals surface area contributed by atoms with Crippen LogP contribution in [-0.2, 0) is 4.74 Å². The normalized spacial score (nSPS) is 13.2. The number of benzene rings is 1. The molecule has 0 spiro atoms. The minimum Gasteiger partial charge on any atom is -0.459 e. The predicted molar refractivity (Wildman–Crippen MR) is 109 cm³/mol. The van der Waals surface area contributed by atoms with Crippen molar-refractivity contribution in [3.8, 4) is 0 Å². The zero-order valence-electron chi connectivity index (χ0n) is 16.8. The lowest BCUT2D eigenvalue weighted by molar-refractivity contribution is 0.0377. The average Bonchev–Trinajstić information content (AvgIpc) is 3.49. The lowest BCUT2D eigenvalue weighted by Gasteiger charge is -2.24. The second-order valence-electron chi connectivity index (χ2n) is 7.58. The number of aromatic nitrogens is 1. The number of esters is 1. The second-order valence-corrected chi connectivity index (χ2v) is 7.58. The van der Waals surface area contributed by atoms with Crippen molar-refractivity contribution in [2.24, 2.45) is 11.7 Å². The van der Waals surface area contributed by atoms with Gasteiger partial charge in [-0.15, -0.1) is 0 Å². The third kappa shape index (κ3) is 4.99. The molecule has 0 atom stereocenters. The van der Waals surface area contributed by atoms with E-state index in [1.807, 2.05) is 0 Å². The fourth-order valence-electron chi connectivity index (χ4n) is 3.01. The molecule has 7 heteroatoms. The summed E-state index contributed by atoms with van der Waals surface area (Å²) in [5.41, 5.74) is 7.08. The van der Waals surface area contributed by atoms with Gasteiger partial charge in [0.2, 0.25) is 0 Å². The van der Waals surface area contributed by atoms with Gasteiger partial charge in [0.1, 0.15) is 5.69 Å². The third-order valence-electron chi connectivity index (χ3n) is 4.62. The first kappa shape index (κ1) is 20.5. The number of amides is 2. The minimum absolute atomic E-state index is 0.0498. The van der Waals surface area contributed by atoms with E-state index in [0.717, 1.165) is 12.8 Å². The Morgan fingerprint density at radius 1 is 1.21 bits per heavy atom. The van der Waals surface area contributed by atoms with Crippen LogP contribution in [0.3, 0.4) is 0 Å². The van der Waals surface area contributed by atoms with Crippen LogP contribution in [0, 0.1) is 12.8 Å². The van der Waals surface area contributed by atoms with E-state index in [-0.39, 0.29) is 23.3 Å². The highest BCUT2D eigenvalue weighted by molar-refractivity contribution is 6.12. The summed E-state index contributed by atoms with van der Waals surface area (Å²) >= 11 is 0. The number of carbonyl (C=O) groups excluding carboxylic acids is 3. The Bertz CT molecular complexity index is 951. The van der Waals surface area contributed by atoms with Crippen LogP contribution >= 0.6 is 0 Å². The molecule has 3 rings (SSSR count). The highest BCUT2D eigenvalue weighted by Gasteiger charge is 2.30.